The number of aromatic nitrogens is 1. The van der Waals surface area contributed by atoms with Crippen LogP contribution in [0.4, 0.5) is 0 Å². The summed E-state index contributed by atoms with van der Waals surface area (Å²) in [5.74, 6) is 0.892. The fourth-order valence-electron chi connectivity index (χ4n) is 1.61. The van der Waals surface area contributed by atoms with Gasteiger partial charge in [-0.05, 0) is 24.6 Å². The fraction of sp³-hybridized carbons (Fsp3) is 0.308. The van der Waals surface area contributed by atoms with Crippen LogP contribution in [0, 0.1) is 0 Å². The van der Waals surface area contributed by atoms with E-state index in [0.717, 1.165) is 18.0 Å². The average Bonchev–Trinajstić information content (AvgIpc) is 2.78. The number of hydrogen-bond donors (Lipinski definition) is 2. The number of aromatic amines is 1. The van der Waals surface area contributed by atoms with E-state index in [2.05, 4.69) is 10.3 Å². The fourth-order valence-corrected chi connectivity index (χ4v) is 2.19. The van der Waals surface area contributed by atoms with Crippen LogP contribution in [0.2, 0.25) is 0 Å². The Kier molecular flexibility index (Phi) is 4.55. The largest absolute Gasteiger partial charge is 0.494 e. The van der Waals surface area contributed by atoms with Crippen LogP contribution in [0.1, 0.15) is 18.2 Å². The molecule has 1 aromatic carbocycles. The van der Waals surface area contributed by atoms with Crippen molar-refractivity contribution in [3.05, 3.63) is 50.6 Å². The van der Waals surface area contributed by atoms with Gasteiger partial charge in [-0.3, -0.25) is 4.79 Å². The highest BCUT2D eigenvalue weighted by Gasteiger charge is 1.97. The molecule has 1 heterocycles. The van der Waals surface area contributed by atoms with Crippen molar-refractivity contribution < 1.29 is 4.74 Å². The third kappa shape index (κ3) is 3.72. The van der Waals surface area contributed by atoms with Crippen LogP contribution in [0.5, 0.6) is 5.75 Å². The van der Waals surface area contributed by atoms with Gasteiger partial charge in [0.2, 0.25) is 0 Å². The predicted octanol–water partition coefficient (Wildman–Crippen LogP) is 2.12. The summed E-state index contributed by atoms with van der Waals surface area (Å²) in [5.41, 5.74) is 2.12. The second-order valence-electron chi connectivity index (χ2n) is 3.85. The van der Waals surface area contributed by atoms with Crippen LogP contribution >= 0.6 is 11.3 Å². The summed E-state index contributed by atoms with van der Waals surface area (Å²) < 4.78 is 5.38. The minimum Gasteiger partial charge on any atom is -0.494 e. The van der Waals surface area contributed by atoms with Crippen LogP contribution < -0.4 is 14.9 Å². The molecule has 0 aliphatic heterocycles. The van der Waals surface area contributed by atoms with Crippen molar-refractivity contribution in [3.8, 4) is 5.75 Å². The molecule has 0 fully saturated rings. The van der Waals surface area contributed by atoms with Gasteiger partial charge in [0.15, 0.2) is 0 Å². The van der Waals surface area contributed by atoms with Gasteiger partial charge in [-0.15, -0.1) is 0 Å². The molecule has 96 valence electrons. The first-order valence-corrected chi connectivity index (χ1v) is 6.75. The van der Waals surface area contributed by atoms with E-state index in [1.807, 2.05) is 36.6 Å². The molecule has 0 spiro atoms. The lowest BCUT2D eigenvalue weighted by Crippen LogP contribution is -2.13. The molecule has 0 atom stereocenters. The summed E-state index contributed by atoms with van der Waals surface area (Å²) in [6, 6.07) is 8.00. The molecule has 0 unspecified atom stereocenters. The summed E-state index contributed by atoms with van der Waals surface area (Å²) in [6.07, 6.45) is 0. The number of benzene rings is 1. The zero-order valence-electron chi connectivity index (χ0n) is 10.2. The van der Waals surface area contributed by atoms with Crippen LogP contribution in [-0.4, -0.2) is 11.6 Å². The molecule has 2 aromatic rings. The third-order valence-electron chi connectivity index (χ3n) is 2.45. The highest BCUT2D eigenvalue weighted by Crippen LogP contribution is 2.11. The van der Waals surface area contributed by atoms with Gasteiger partial charge in [0.1, 0.15) is 5.75 Å². The van der Waals surface area contributed by atoms with E-state index in [1.165, 1.54) is 16.9 Å². The average molecular weight is 264 g/mol. The van der Waals surface area contributed by atoms with Crippen molar-refractivity contribution in [2.24, 2.45) is 0 Å². The van der Waals surface area contributed by atoms with E-state index in [0.29, 0.717) is 13.2 Å². The Bertz CT molecular complexity index is 530. The maximum absolute atomic E-state index is 10.9. The molecule has 0 aliphatic carbocycles. The maximum Gasteiger partial charge on any atom is 0.304 e. The van der Waals surface area contributed by atoms with Gasteiger partial charge in [0, 0.05) is 24.2 Å². The quantitative estimate of drug-likeness (QED) is 0.840. The summed E-state index contributed by atoms with van der Waals surface area (Å²) in [6.45, 7) is 4.09. The van der Waals surface area contributed by atoms with E-state index in [-0.39, 0.29) is 4.87 Å². The van der Waals surface area contributed by atoms with E-state index < -0.39 is 0 Å². The first kappa shape index (κ1) is 12.9. The molecular weight excluding hydrogens is 248 g/mol. The van der Waals surface area contributed by atoms with Gasteiger partial charge >= 0.3 is 4.87 Å². The normalized spacial score (nSPS) is 10.5. The number of thiazole rings is 1. The highest BCUT2D eigenvalue weighted by molar-refractivity contribution is 7.07. The molecule has 4 nitrogen and oxygen atoms in total. The molecule has 0 bridgehead atoms. The van der Waals surface area contributed by atoms with E-state index in [9.17, 15) is 4.79 Å². The van der Waals surface area contributed by atoms with Gasteiger partial charge in [-0.2, -0.15) is 0 Å². The molecule has 5 heteroatoms. The molecular formula is C13H16N2O2S. The Labute approximate surface area is 110 Å². The van der Waals surface area contributed by atoms with E-state index in [4.69, 9.17) is 4.74 Å². The van der Waals surface area contributed by atoms with Gasteiger partial charge in [-0.1, -0.05) is 23.5 Å². The Morgan fingerprint density at radius 1 is 1.28 bits per heavy atom. The zero-order chi connectivity index (χ0) is 12.8. The molecule has 18 heavy (non-hydrogen) atoms. The van der Waals surface area contributed by atoms with E-state index in [1.54, 1.807) is 0 Å². The minimum absolute atomic E-state index is 0.00660. The van der Waals surface area contributed by atoms with Gasteiger partial charge in [0.25, 0.3) is 0 Å². The summed E-state index contributed by atoms with van der Waals surface area (Å²) in [5, 5.41) is 5.12. The van der Waals surface area contributed by atoms with Gasteiger partial charge in [0.05, 0.1) is 6.61 Å². The second kappa shape index (κ2) is 6.37. The monoisotopic (exact) mass is 264 g/mol. The minimum atomic E-state index is -0.00660. The Hall–Kier alpha value is -1.59. The molecule has 0 saturated heterocycles. The smallest absolute Gasteiger partial charge is 0.304 e. The molecule has 1 aromatic heterocycles. The summed E-state index contributed by atoms with van der Waals surface area (Å²) >= 11 is 1.19. The number of rotatable bonds is 6. The first-order valence-electron chi connectivity index (χ1n) is 5.87. The number of ether oxygens (including phenoxy) is 1. The lowest BCUT2D eigenvalue weighted by atomic mass is 10.2. The van der Waals surface area contributed by atoms with Crippen molar-refractivity contribution >= 4 is 11.3 Å². The van der Waals surface area contributed by atoms with E-state index >= 15 is 0 Å². The molecule has 2 N–H and O–H groups in total. The highest BCUT2D eigenvalue weighted by atomic mass is 32.1. The Morgan fingerprint density at radius 2 is 2.06 bits per heavy atom. The van der Waals surface area contributed by atoms with Crippen molar-refractivity contribution in [2.75, 3.05) is 6.61 Å². The predicted molar refractivity (Wildman–Crippen MR) is 73.1 cm³/mol. The number of hydrogen-bond acceptors (Lipinski definition) is 4. The van der Waals surface area contributed by atoms with Crippen molar-refractivity contribution in [1.82, 2.24) is 10.3 Å². The van der Waals surface area contributed by atoms with Crippen LogP contribution in [0.15, 0.2) is 34.4 Å². The second-order valence-corrected chi connectivity index (χ2v) is 4.70. The molecule has 0 aliphatic rings. The molecule has 0 amide bonds. The lowest BCUT2D eigenvalue weighted by molar-refractivity contribution is 0.340. The van der Waals surface area contributed by atoms with Crippen molar-refractivity contribution in [1.29, 1.82) is 0 Å². The zero-order valence-corrected chi connectivity index (χ0v) is 11.0. The van der Waals surface area contributed by atoms with Gasteiger partial charge in [-0.25, -0.2) is 0 Å². The molecule has 2 rings (SSSR count). The topological polar surface area (TPSA) is 54.1 Å². The third-order valence-corrected chi connectivity index (χ3v) is 3.17. The van der Waals surface area contributed by atoms with Gasteiger partial charge < -0.3 is 15.0 Å². The summed E-state index contributed by atoms with van der Waals surface area (Å²) in [7, 11) is 0. The first-order chi connectivity index (χ1) is 8.78. The van der Waals surface area contributed by atoms with Crippen LogP contribution in [-0.2, 0) is 13.1 Å². The van der Waals surface area contributed by atoms with Crippen molar-refractivity contribution in [2.45, 2.75) is 20.0 Å². The Morgan fingerprint density at radius 3 is 2.67 bits per heavy atom. The maximum atomic E-state index is 10.9. The number of nitrogens with one attached hydrogen (secondary N) is 2. The molecule has 0 saturated carbocycles. The van der Waals surface area contributed by atoms with Crippen molar-refractivity contribution in [3.63, 3.8) is 0 Å². The lowest BCUT2D eigenvalue weighted by Gasteiger charge is -2.06. The Balaban J connectivity index is 1.81. The summed E-state index contributed by atoms with van der Waals surface area (Å²) in [4.78, 5) is 13.7. The standard InChI is InChI=1S/C13H16N2O2S/c1-2-17-12-5-3-10(4-6-12)7-14-8-11-9-18-13(16)15-11/h3-6,9,14H,2,7-8H2,1H3,(H,15,16). The van der Waals surface area contributed by atoms with Crippen LogP contribution in [0.3, 0.4) is 0 Å². The van der Waals surface area contributed by atoms with Crippen LogP contribution in [0.25, 0.3) is 0 Å². The SMILES string of the molecule is CCOc1ccc(CNCc2csc(=O)[nH]2)cc1. The number of H-pyrrole nitrogens is 1. The molecule has 0 radical (unpaired) electrons.